The summed E-state index contributed by atoms with van der Waals surface area (Å²) in [7, 11) is 0. The summed E-state index contributed by atoms with van der Waals surface area (Å²) in [4.78, 5) is 39.0. The van der Waals surface area contributed by atoms with Crippen molar-refractivity contribution in [1.82, 2.24) is 9.55 Å². The van der Waals surface area contributed by atoms with Crippen LogP contribution in [0, 0.1) is 6.92 Å². The number of ether oxygens (including phenoxy) is 1. The van der Waals surface area contributed by atoms with Gasteiger partial charge in [0, 0.05) is 17.3 Å². The highest BCUT2D eigenvalue weighted by Crippen LogP contribution is 2.17. The number of aryl methyl sites for hydroxylation is 1. The Balaban J connectivity index is 1.94. The van der Waals surface area contributed by atoms with Crippen molar-refractivity contribution < 1.29 is 14.3 Å². The fourth-order valence-electron chi connectivity index (χ4n) is 1.73. The SMILES string of the molecule is Cc1csc(=O)n1CC(=O)O[C@H](C)C(=O)Nc1cccnc1Cl. The van der Waals surface area contributed by atoms with Crippen molar-refractivity contribution in [3.63, 3.8) is 0 Å². The number of amides is 1. The highest BCUT2D eigenvalue weighted by molar-refractivity contribution is 7.07. The van der Waals surface area contributed by atoms with E-state index in [1.807, 2.05) is 0 Å². The smallest absolute Gasteiger partial charge is 0.326 e. The van der Waals surface area contributed by atoms with Crippen LogP contribution < -0.4 is 10.2 Å². The van der Waals surface area contributed by atoms with E-state index >= 15 is 0 Å². The van der Waals surface area contributed by atoms with Crippen LogP contribution >= 0.6 is 22.9 Å². The first-order valence-corrected chi connectivity index (χ1v) is 7.90. The van der Waals surface area contributed by atoms with Gasteiger partial charge in [0.1, 0.15) is 6.54 Å². The summed E-state index contributed by atoms with van der Waals surface area (Å²) < 4.78 is 6.33. The third-order valence-electron chi connectivity index (χ3n) is 2.96. The zero-order valence-electron chi connectivity index (χ0n) is 12.4. The summed E-state index contributed by atoms with van der Waals surface area (Å²) in [6.07, 6.45) is 0.455. The first kappa shape index (κ1) is 17.2. The average molecular weight is 356 g/mol. The molecule has 0 spiro atoms. The number of aromatic nitrogens is 2. The van der Waals surface area contributed by atoms with Crippen LogP contribution in [0.3, 0.4) is 0 Å². The molecule has 0 radical (unpaired) electrons. The van der Waals surface area contributed by atoms with Crippen LogP contribution in [0.5, 0.6) is 0 Å². The molecule has 122 valence electrons. The van der Waals surface area contributed by atoms with Gasteiger partial charge < -0.3 is 10.1 Å². The van der Waals surface area contributed by atoms with Gasteiger partial charge in [-0.15, -0.1) is 0 Å². The molecule has 9 heteroatoms. The Morgan fingerprint density at radius 2 is 2.26 bits per heavy atom. The number of rotatable bonds is 5. The second-order valence-corrected chi connectivity index (χ2v) is 5.87. The minimum absolute atomic E-state index is 0.139. The Morgan fingerprint density at radius 3 is 2.87 bits per heavy atom. The predicted octanol–water partition coefficient (Wildman–Crippen LogP) is 1.84. The summed E-state index contributed by atoms with van der Waals surface area (Å²) in [6.45, 7) is 2.91. The Bertz CT molecular complexity index is 786. The molecule has 1 N–H and O–H groups in total. The number of nitrogens with one attached hydrogen (secondary N) is 1. The molecule has 0 unspecified atom stereocenters. The predicted molar refractivity (Wildman–Crippen MR) is 86.7 cm³/mol. The van der Waals surface area contributed by atoms with Gasteiger partial charge in [0.05, 0.1) is 5.69 Å². The van der Waals surface area contributed by atoms with E-state index in [0.29, 0.717) is 11.4 Å². The van der Waals surface area contributed by atoms with E-state index in [-0.39, 0.29) is 16.6 Å². The molecular formula is C14H14ClN3O4S. The van der Waals surface area contributed by atoms with Crippen LogP contribution in [-0.4, -0.2) is 27.5 Å². The van der Waals surface area contributed by atoms with Gasteiger partial charge >= 0.3 is 10.8 Å². The molecule has 0 saturated heterocycles. The zero-order valence-corrected chi connectivity index (χ0v) is 14.0. The van der Waals surface area contributed by atoms with E-state index in [1.54, 1.807) is 24.4 Å². The van der Waals surface area contributed by atoms with Crippen molar-refractivity contribution in [3.8, 4) is 0 Å². The van der Waals surface area contributed by atoms with Gasteiger partial charge in [-0.1, -0.05) is 22.9 Å². The topological polar surface area (TPSA) is 90.3 Å². The molecule has 2 heterocycles. The van der Waals surface area contributed by atoms with Gasteiger partial charge in [0.2, 0.25) is 0 Å². The number of thiazole rings is 1. The first-order valence-electron chi connectivity index (χ1n) is 6.64. The van der Waals surface area contributed by atoms with Gasteiger partial charge in [-0.05, 0) is 26.0 Å². The van der Waals surface area contributed by atoms with Crippen LogP contribution in [-0.2, 0) is 20.9 Å². The van der Waals surface area contributed by atoms with Crippen molar-refractivity contribution in [2.24, 2.45) is 0 Å². The van der Waals surface area contributed by atoms with E-state index in [2.05, 4.69) is 10.3 Å². The number of halogens is 1. The minimum atomic E-state index is -1.03. The fraction of sp³-hybridized carbons (Fsp3) is 0.286. The second-order valence-electron chi connectivity index (χ2n) is 4.69. The molecule has 1 amide bonds. The normalized spacial score (nSPS) is 11.8. The van der Waals surface area contributed by atoms with Crippen molar-refractivity contribution >= 4 is 40.5 Å². The molecule has 0 aliphatic carbocycles. The molecule has 2 rings (SSSR count). The van der Waals surface area contributed by atoms with Gasteiger partial charge in [-0.3, -0.25) is 19.0 Å². The number of pyridine rings is 1. The van der Waals surface area contributed by atoms with Crippen molar-refractivity contribution in [1.29, 1.82) is 0 Å². The van der Waals surface area contributed by atoms with Crippen molar-refractivity contribution in [2.75, 3.05) is 5.32 Å². The highest BCUT2D eigenvalue weighted by atomic mass is 35.5. The van der Waals surface area contributed by atoms with Crippen LogP contribution in [0.1, 0.15) is 12.6 Å². The Morgan fingerprint density at radius 1 is 1.52 bits per heavy atom. The van der Waals surface area contributed by atoms with Crippen LogP contribution in [0.25, 0.3) is 0 Å². The Labute approximate surface area is 140 Å². The number of hydrogen-bond donors (Lipinski definition) is 1. The second kappa shape index (κ2) is 7.38. The summed E-state index contributed by atoms with van der Waals surface area (Å²) in [6, 6.07) is 3.19. The van der Waals surface area contributed by atoms with Gasteiger partial charge in [0.25, 0.3) is 5.91 Å². The maximum Gasteiger partial charge on any atom is 0.326 e. The van der Waals surface area contributed by atoms with Crippen molar-refractivity contribution in [3.05, 3.63) is 44.2 Å². The van der Waals surface area contributed by atoms with Gasteiger partial charge in [-0.2, -0.15) is 0 Å². The zero-order chi connectivity index (χ0) is 17.0. The first-order chi connectivity index (χ1) is 10.9. The quantitative estimate of drug-likeness (QED) is 0.652. The lowest BCUT2D eigenvalue weighted by Gasteiger charge is -2.14. The largest absolute Gasteiger partial charge is 0.451 e. The van der Waals surface area contributed by atoms with Crippen LogP contribution in [0.4, 0.5) is 5.69 Å². The molecule has 1 atom stereocenters. The fourth-order valence-corrected chi connectivity index (χ4v) is 2.63. The molecule has 0 aliphatic rings. The lowest BCUT2D eigenvalue weighted by atomic mass is 10.3. The van der Waals surface area contributed by atoms with E-state index in [0.717, 1.165) is 11.3 Å². The lowest BCUT2D eigenvalue weighted by Crippen LogP contribution is -2.32. The van der Waals surface area contributed by atoms with Gasteiger partial charge in [-0.25, -0.2) is 4.98 Å². The molecule has 0 bridgehead atoms. The van der Waals surface area contributed by atoms with Crippen LogP contribution in [0.15, 0.2) is 28.5 Å². The number of carbonyl (C=O) groups excluding carboxylic acids is 2. The molecule has 0 saturated carbocycles. The summed E-state index contributed by atoms with van der Waals surface area (Å²) >= 11 is 6.84. The molecule has 23 heavy (non-hydrogen) atoms. The van der Waals surface area contributed by atoms with E-state index in [4.69, 9.17) is 16.3 Å². The van der Waals surface area contributed by atoms with E-state index < -0.39 is 18.0 Å². The maximum absolute atomic E-state index is 12.0. The number of hydrogen-bond acceptors (Lipinski definition) is 6. The summed E-state index contributed by atoms with van der Waals surface area (Å²) in [5.41, 5.74) is 0.989. The third-order valence-corrected chi connectivity index (χ3v) is 4.14. The molecular weight excluding hydrogens is 342 g/mol. The number of esters is 1. The molecule has 0 aromatic carbocycles. The van der Waals surface area contributed by atoms with E-state index in [1.165, 1.54) is 17.7 Å². The number of anilines is 1. The van der Waals surface area contributed by atoms with Crippen LogP contribution in [0.2, 0.25) is 5.15 Å². The molecule has 0 aliphatic heterocycles. The third kappa shape index (κ3) is 4.40. The Kier molecular flexibility index (Phi) is 5.51. The highest BCUT2D eigenvalue weighted by Gasteiger charge is 2.20. The number of nitrogens with zero attached hydrogens (tertiary/aromatic N) is 2. The summed E-state index contributed by atoms with van der Waals surface area (Å²) in [5, 5.41) is 4.31. The molecule has 7 nitrogen and oxygen atoms in total. The minimum Gasteiger partial charge on any atom is -0.451 e. The standard InChI is InChI=1S/C14H14ClN3O4S/c1-8-7-23-14(21)18(8)6-11(19)22-9(2)13(20)17-10-4-3-5-16-12(10)15/h3-5,7,9H,6H2,1-2H3,(H,17,20)/t9-/m1/s1. The van der Waals surface area contributed by atoms with Crippen molar-refractivity contribution in [2.45, 2.75) is 26.5 Å². The molecule has 0 fully saturated rings. The lowest BCUT2D eigenvalue weighted by molar-refractivity contribution is -0.153. The van der Waals surface area contributed by atoms with Gasteiger partial charge in [0.15, 0.2) is 11.3 Å². The monoisotopic (exact) mass is 355 g/mol. The average Bonchev–Trinajstić information content (AvgIpc) is 2.81. The van der Waals surface area contributed by atoms with E-state index in [9.17, 15) is 14.4 Å². The summed E-state index contributed by atoms with van der Waals surface area (Å²) in [5.74, 6) is -1.21. The number of carbonyl (C=O) groups is 2. The molecule has 2 aromatic rings. The molecule has 2 aromatic heterocycles. The maximum atomic E-state index is 12.0. The Hall–Kier alpha value is -2.19.